The maximum absolute atomic E-state index is 13.6. The van der Waals surface area contributed by atoms with Crippen molar-refractivity contribution in [1.82, 2.24) is 4.31 Å². The van der Waals surface area contributed by atoms with E-state index in [1.807, 2.05) is 49.4 Å². The second-order valence-electron chi connectivity index (χ2n) is 8.54. The van der Waals surface area contributed by atoms with Crippen molar-refractivity contribution in [3.8, 4) is 0 Å². The van der Waals surface area contributed by atoms with E-state index in [1.165, 1.54) is 4.31 Å². The molecule has 0 aromatic heterocycles. The van der Waals surface area contributed by atoms with Crippen LogP contribution in [0, 0.1) is 6.92 Å². The molecule has 0 radical (unpaired) electrons. The van der Waals surface area contributed by atoms with Crippen LogP contribution in [0.4, 0.5) is 5.69 Å². The van der Waals surface area contributed by atoms with Crippen molar-refractivity contribution < 1.29 is 13.2 Å². The van der Waals surface area contributed by atoms with Gasteiger partial charge in [0.1, 0.15) is 6.04 Å². The van der Waals surface area contributed by atoms with Gasteiger partial charge in [-0.05, 0) is 53.6 Å². The SMILES string of the molecule is Cc1cccc(C(C)C)c1NC(=O)C1Cc2ccccc2CN1S(=O)(=O)c1ccccc1. The molecule has 0 fully saturated rings. The van der Waals surface area contributed by atoms with Gasteiger partial charge < -0.3 is 5.32 Å². The average molecular weight is 449 g/mol. The summed E-state index contributed by atoms with van der Waals surface area (Å²) in [5.41, 5.74) is 4.68. The number of anilines is 1. The van der Waals surface area contributed by atoms with E-state index in [-0.39, 0.29) is 23.3 Å². The Balaban J connectivity index is 1.74. The number of aryl methyl sites for hydroxylation is 1. The minimum atomic E-state index is -3.86. The van der Waals surface area contributed by atoms with Crippen LogP contribution in [0.3, 0.4) is 0 Å². The largest absolute Gasteiger partial charge is 0.324 e. The Morgan fingerprint density at radius 1 is 0.938 bits per heavy atom. The van der Waals surface area contributed by atoms with E-state index in [2.05, 4.69) is 19.2 Å². The molecule has 4 rings (SSSR count). The van der Waals surface area contributed by atoms with E-state index in [9.17, 15) is 13.2 Å². The predicted molar refractivity (Wildman–Crippen MR) is 127 cm³/mol. The highest BCUT2D eigenvalue weighted by molar-refractivity contribution is 7.89. The number of rotatable bonds is 5. The molecule has 0 saturated carbocycles. The first-order chi connectivity index (χ1) is 15.3. The van der Waals surface area contributed by atoms with Crippen LogP contribution in [0.1, 0.15) is 42.0 Å². The molecule has 1 atom stereocenters. The molecule has 166 valence electrons. The number of hydrogen-bond acceptors (Lipinski definition) is 3. The first kappa shape index (κ1) is 22.2. The Hall–Kier alpha value is -2.96. The molecular weight excluding hydrogens is 420 g/mol. The fourth-order valence-electron chi connectivity index (χ4n) is 4.25. The van der Waals surface area contributed by atoms with Crippen molar-refractivity contribution in [1.29, 1.82) is 0 Å². The molecule has 0 aliphatic carbocycles. The van der Waals surface area contributed by atoms with Crippen LogP contribution >= 0.6 is 0 Å². The number of para-hydroxylation sites is 1. The van der Waals surface area contributed by atoms with Crippen molar-refractivity contribution in [3.05, 3.63) is 95.1 Å². The number of carbonyl (C=O) groups is 1. The van der Waals surface area contributed by atoms with Gasteiger partial charge in [0.2, 0.25) is 15.9 Å². The van der Waals surface area contributed by atoms with Crippen LogP contribution in [0.2, 0.25) is 0 Å². The zero-order valence-corrected chi connectivity index (χ0v) is 19.4. The van der Waals surface area contributed by atoms with Crippen LogP contribution in [-0.4, -0.2) is 24.7 Å². The summed E-state index contributed by atoms with van der Waals surface area (Å²) in [5, 5.41) is 3.07. The van der Waals surface area contributed by atoms with Gasteiger partial charge in [-0.15, -0.1) is 0 Å². The third-order valence-corrected chi connectivity index (χ3v) is 7.90. The van der Waals surface area contributed by atoms with E-state index >= 15 is 0 Å². The lowest BCUT2D eigenvalue weighted by Gasteiger charge is -2.35. The van der Waals surface area contributed by atoms with E-state index in [0.29, 0.717) is 6.42 Å². The number of fused-ring (bicyclic) bond motifs is 1. The summed E-state index contributed by atoms with van der Waals surface area (Å²) in [5.74, 6) is -0.0864. The van der Waals surface area contributed by atoms with Crippen molar-refractivity contribution in [2.24, 2.45) is 0 Å². The van der Waals surface area contributed by atoms with Gasteiger partial charge in [0.15, 0.2) is 0 Å². The van der Waals surface area contributed by atoms with Crippen molar-refractivity contribution in [2.75, 3.05) is 5.32 Å². The molecule has 5 nitrogen and oxygen atoms in total. The molecule has 1 heterocycles. The molecule has 3 aromatic rings. The predicted octanol–water partition coefficient (Wildman–Crippen LogP) is 4.87. The monoisotopic (exact) mass is 448 g/mol. The summed E-state index contributed by atoms with van der Waals surface area (Å²) in [6, 6.07) is 21.1. The Labute approximate surface area is 190 Å². The van der Waals surface area contributed by atoms with Crippen LogP contribution in [0.5, 0.6) is 0 Å². The fourth-order valence-corrected chi connectivity index (χ4v) is 5.84. The maximum Gasteiger partial charge on any atom is 0.244 e. The van der Waals surface area contributed by atoms with Gasteiger partial charge in [-0.25, -0.2) is 8.42 Å². The van der Waals surface area contributed by atoms with Gasteiger partial charge >= 0.3 is 0 Å². The highest BCUT2D eigenvalue weighted by atomic mass is 32.2. The average Bonchev–Trinajstić information content (AvgIpc) is 2.79. The molecule has 1 amide bonds. The number of amides is 1. The molecule has 1 aliphatic heterocycles. The molecule has 32 heavy (non-hydrogen) atoms. The van der Waals surface area contributed by atoms with E-state index in [0.717, 1.165) is 27.9 Å². The number of nitrogens with zero attached hydrogens (tertiary/aromatic N) is 1. The number of sulfonamides is 1. The zero-order valence-electron chi connectivity index (χ0n) is 18.6. The van der Waals surface area contributed by atoms with Gasteiger partial charge in [-0.3, -0.25) is 4.79 Å². The highest BCUT2D eigenvalue weighted by Gasteiger charge is 2.39. The second-order valence-corrected chi connectivity index (χ2v) is 10.4. The normalized spacial score (nSPS) is 16.6. The maximum atomic E-state index is 13.6. The molecule has 1 unspecified atom stereocenters. The molecule has 0 spiro atoms. The van der Waals surface area contributed by atoms with Gasteiger partial charge in [0.25, 0.3) is 0 Å². The molecule has 0 bridgehead atoms. The van der Waals surface area contributed by atoms with Crippen LogP contribution < -0.4 is 5.32 Å². The summed E-state index contributed by atoms with van der Waals surface area (Å²) < 4.78 is 28.4. The third kappa shape index (κ3) is 4.20. The van der Waals surface area contributed by atoms with Gasteiger partial charge in [0, 0.05) is 12.2 Å². The van der Waals surface area contributed by atoms with Crippen molar-refractivity contribution in [2.45, 2.75) is 50.6 Å². The smallest absolute Gasteiger partial charge is 0.244 e. The first-order valence-corrected chi connectivity index (χ1v) is 12.3. The Bertz CT molecular complexity index is 1240. The molecule has 0 saturated heterocycles. The first-order valence-electron chi connectivity index (χ1n) is 10.8. The Morgan fingerprint density at radius 2 is 1.59 bits per heavy atom. The van der Waals surface area contributed by atoms with Gasteiger partial charge in [-0.2, -0.15) is 4.31 Å². The number of benzene rings is 3. The summed E-state index contributed by atoms with van der Waals surface area (Å²) in [6.45, 7) is 6.27. The van der Waals surface area contributed by atoms with Crippen LogP contribution in [0.25, 0.3) is 0 Å². The van der Waals surface area contributed by atoms with E-state index in [1.54, 1.807) is 30.3 Å². The van der Waals surface area contributed by atoms with Crippen LogP contribution in [0.15, 0.2) is 77.7 Å². The standard InChI is InChI=1S/C26H28N2O3S/c1-18(2)23-15-9-10-19(3)25(23)27-26(29)24-16-20-11-7-8-12-21(20)17-28(24)32(30,31)22-13-5-4-6-14-22/h4-15,18,24H,16-17H2,1-3H3,(H,27,29). The lowest BCUT2D eigenvalue weighted by Crippen LogP contribution is -2.50. The Morgan fingerprint density at radius 3 is 2.28 bits per heavy atom. The fraction of sp³-hybridized carbons (Fsp3) is 0.269. The van der Waals surface area contributed by atoms with E-state index in [4.69, 9.17) is 0 Å². The lowest BCUT2D eigenvalue weighted by atomic mass is 9.94. The Kier molecular flexibility index (Phi) is 6.17. The van der Waals surface area contributed by atoms with Crippen LogP contribution in [-0.2, 0) is 27.8 Å². The van der Waals surface area contributed by atoms with Gasteiger partial charge in [0.05, 0.1) is 4.90 Å². The summed E-state index contributed by atoms with van der Waals surface area (Å²) in [7, 11) is -3.86. The molecule has 6 heteroatoms. The minimum Gasteiger partial charge on any atom is -0.324 e. The summed E-state index contributed by atoms with van der Waals surface area (Å²) in [6.07, 6.45) is 0.330. The second kappa shape index (κ2) is 8.88. The number of hydrogen-bond donors (Lipinski definition) is 1. The summed E-state index contributed by atoms with van der Waals surface area (Å²) in [4.78, 5) is 13.8. The lowest BCUT2D eigenvalue weighted by molar-refractivity contribution is -0.120. The van der Waals surface area contributed by atoms with Crippen molar-refractivity contribution >= 4 is 21.6 Å². The zero-order chi connectivity index (χ0) is 22.9. The summed E-state index contributed by atoms with van der Waals surface area (Å²) >= 11 is 0. The third-order valence-electron chi connectivity index (χ3n) is 6.03. The number of nitrogens with one attached hydrogen (secondary N) is 1. The topological polar surface area (TPSA) is 66.5 Å². The van der Waals surface area contributed by atoms with Gasteiger partial charge in [-0.1, -0.05) is 74.5 Å². The molecule has 3 aromatic carbocycles. The minimum absolute atomic E-state index is 0.163. The number of carbonyl (C=O) groups excluding carboxylic acids is 1. The van der Waals surface area contributed by atoms with E-state index < -0.39 is 16.1 Å². The molecular formula is C26H28N2O3S. The van der Waals surface area contributed by atoms with Crippen molar-refractivity contribution in [3.63, 3.8) is 0 Å². The highest BCUT2D eigenvalue weighted by Crippen LogP contribution is 2.32. The molecule has 1 N–H and O–H groups in total. The quantitative estimate of drug-likeness (QED) is 0.605. The molecule has 1 aliphatic rings.